The summed E-state index contributed by atoms with van der Waals surface area (Å²) in [5.74, 6) is -0.338. The summed E-state index contributed by atoms with van der Waals surface area (Å²) in [5, 5.41) is 0. The van der Waals surface area contributed by atoms with E-state index in [1.807, 2.05) is 30.3 Å². The van der Waals surface area contributed by atoms with Gasteiger partial charge in [-0.25, -0.2) is 4.79 Å². The summed E-state index contributed by atoms with van der Waals surface area (Å²) in [6, 6.07) is 9.91. The van der Waals surface area contributed by atoms with Crippen molar-refractivity contribution in [2.24, 2.45) is 11.1 Å². The van der Waals surface area contributed by atoms with E-state index in [1.165, 1.54) is 7.11 Å². The van der Waals surface area contributed by atoms with Crippen molar-refractivity contribution in [2.45, 2.75) is 20.3 Å². The molecule has 0 aliphatic heterocycles. The lowest BCUT2D eigenvalue weighted by molar-refractivity contribution is -0.135. The molecule has 2 rings (SSSR count). The second-order valence-corrected chi connectivity index (χ2v) is 5.43. The summed E-state index contributed by atoms with van der Waals surface area (Å²) in [7, 11) is 1.39. The van der Waals surface area contributed by atoms with Crippen LogP contribution in [0.3, 0.4) is 0 Å². The van der Waals surface area contributed by atoms with E-state index >= 15 is 0 Å². The van der Waals surface area contributed by atoms with Gasteiger partial charge >= 0.3 is 5.97 Å². The monoisotopic (exact) mass is 257 g/mol. The zero-order chi connectivity index (χ0) is 14.0. The Morgan fingerprint density at radius 2 is 1.89 bits per heavy atom. The number of allylic oxidation sites excluding steroid dienone is 2. The Balaban J connectivity index is 2.68. The predicted octanol–water partition coefficient (Wildman–Crippen LogP) is 2.89. The Bertz CT molecular complexity index is 553. The fourth-order valence-corrected chi connectivity index (χ4v) is 2.69. The molecule has 0 fully saturated rings. The van der Waals surface area contributed by atoms with Crippen LogP contribution in [0, 0.1) is 5.41 Å². The molecule has 0 saturated carbocycles. The number of hydrogen-bond acceptors (Lipinski definition) is 3. The van der Waals surface area contributed by atoms with Gasteiger partial charge < -0.3 is 10.5 Å². The Kier molecular flexibility index (Phi) is 3.47. The Labute approximate surface area is 113 Å². The molecule has 19 heavy (non-hydrogen) atoms. The minimum absolute atomic E-state index is 0.191. The van der Waals surface area contributed by atoms with E-state index < -0.39 is 0 Å². The number of carbonyl (C=O) groups is 1. The van der Waals surface area contributed by atoms with Crippen molar-refractivity contribution in [2.75, 3.05) is 7.11 Å². The molecule has 1 aliphatic rings. The number of ether oxygens (including phenoxy) is 1. The number of methoxy groups -OCH3 is 1. The van der Waals surface area contributed by atoms with Crippen LogP contribution in [-0.2, 0) is 9.53 Å². The van der Waals surface area contributed by atoms with Crippen LogP contribution in [0.5, 0.6) is 0 Å². The summed E-state index contributed by atoms with van der Waals surface area (Å²) >= 11 is 0. The Morgan fingerprint density at radius 1 is 1.26 bits per heavy atom. The van der Waals surface area contributed by atoms with Crippen molar-refractivity contribution in [3.8, 4) is 0 Å². The van der Waals surface area contributed by atoms with Crippen LogP contribution >= 0.6 is 0 Å². The maximum absolute atomic E-state index is 12.0. The summed E-state index contributed by atoms with van der Waals surface area (Å²) in [5.41, 5.74) is 9.07. The number of benzene rings is 1. The first-order valence-corrected chi connectivity index (χ1v) is 6.30. The SMILES string of the molecule is COC(=O)C1=C(c2ccccc2)C(C)(C)CC(N)=C1. The van der Waals surface area contributed by atoms with Gasteiger partial charge in [0.1, 0.15) is 0 Å². The second kappa shape index (κ2) is 4.92. The van der Waals surface area contributed by atoms with E-state index in [0.717, 1.165) is 17.6 Å². The van der Waals surface area contributed by atoms with E-state index in [-0.39, 0.29) is 11.4 Å². The minimum atomic E-state index is -0.338. The molecule has 0 unspecified atom stereocenters. The van der Waals surface area contributed by atoms with Crippen LogP contribution in [0.4, 0.5) is 0 Å². The molecule has 0 amide bonds. The third-order valence-corrected chi connectivity index (χ3v) is 3.39. The summed E-state index contributed by atoms with van der Waals surface area (Å²) in [6.45, 7) is 4.19. The lowest BCUT2D eigenvalue weighted by Crippen LogP contribution is -2.25. The van der Waals surface area contributed by atoms with Gasteiger partial charge in [0.2, 0.25) is 0 Å². The van der Waals surface area contributed by atoms with E-state index in [2.05, 4.69) is 13.8 Å². The van der Waals surface area contributed by atoms with Crippen LogP contribution in [-0.4, -0.2) is 13.1 Å². The van der Waals surface area contributed by atoms with Crippen molar-refractivity contribution < 1.29 is 9.53 Å². The number of carbonyl (C=O) groups excluding carboxylic acids is 1. The molecule has 0 bridgehead atoms. The molecule has 1 aromatic carbocycles. The highest BCUT2D eigenvalue weighted by Crippen LogP contribution is 2.44. The van der Waals surface area contributed by atoms with Crippen LogP contribution in [0.25, 0.3) is 5.57 Å². The fraction of sp³-hybridized carbons (Fsp3) is 0.312. The van der Waals surface area contributed by atoms with Crippen LogP contribution in [0.1, 0.15) is 25.8 Å². The third kappa shape index (κ3) is 2.55. The number of nitrogens with two attached hydrogens (primary N) is 1. The summed E-state index contributed by atoms with van der Waals surface area (Å²) < 4.78 is 4.89. The normalized spacial score (nSPS) is 17.9. The molecule has 3 nitrogen and oxygen atoms in total. The molecule has 0 atom stereocenters. The third-order valence-electron chi connectivity index (χ3n) is 3.39. The molecule has 100 valence electrons. The van der Waals surface area contributed by atoms with Gasteiger partial charge in [-0.3, -0.25) is 0 Å². The minimum Gasteiger partial charge on any atom is -0.465 e. The first-order valence-electron chi connectivity index (χ1n) is 6.30. The van der Waals surface area contributed by atoms with Crippen LogP contribution in [0.15, 0.2) is 47.7 Å². The number of hydrogen-bond donors (Lipinski definition) is 1. The van der Waals surface area contributed by atoms with Crippen molar-refractivity contribution >= 4 is 11.5 Å². The van der Waals surface area contributed by atoms with E-state index in [0.29, 0.717) is 11.3 Å². The van der Waals surface area contributed by atoms with Crippen LogP contribution in [0.2, 0.25) is 0 Å². The highest BCUT2D eigenvalue weighted by Gasteiger charge is 2.33. The lowest BCUT2D eigenvalue weighted by Gasteiger charge is -2.33. The first-order chi connectivity index (χ1) is 8.95. The van der Waals surface area contributed by atoms with Gasteiger partial charge in [-0.15, -0.1) is 0 Å². The van der Waals surface area contributed by atoms with Gasteiger partial charge in [0.15, 0.2) is 0 Å². The molecule has 3 heteroatoms. The average molecular weight is 257 g/mol. The van der Waals surface area contributed by atoms with Crippen LogP contribution < -0.4 is 5.73 Å². The molecular weight excluding hydrogens is 238 g/mol. The molecule has 0 heterocycles. The van der Waals surface area contributed by atoms with E-state index in [1.54, 1.807) is 6.08 Å². The van der Waals surface area contributed by atoms with Gasteiger partial charge in [0, 0.05) is 5.70 Å². The van der Waals surface area contributed by atoms with Gasteiger partial charge in [-0.1, -0.05) is 44.2 Å². The van der Waals surface area contributed by atoms with Gasteiger partial charge in [0.05, 0.1) is 12.7 Å². The standard InChI is InChI=1S/C16H19NO2/c1-16(2)10-12(17)9-13(15(18)19-3)14(16)11-7-5-4-6-8-11/h4-9H,10,17H2,1-3H3. The Hall–Kier alpha value is -2.03. The molecular formula is C16H19NO2. The van der Waals surface area contributed by atoms with E-state index in [4.69, 9.17) is 10.5 Å². The smallest absolute Gasteiger partial charge is 0.338 e. The quantitative estimate of drug-likeness (QED) is 0.829. The highest BCUT2D eigenvalue weighted by molar-refractivity contribution is 6.02. The van der Waals surface area contributed by atoms with Crippen molar-refractivity contribution in [1.29, 1.82) is 0 Å². The maximum atomic E-state index is 12.0. The number of esters is 1. The molecule has 0 saturated heterocycles. The molecule has 0 radical (unpaired) electrons. The zero-order valence-electron chi connectivity index (χ0n) is 11.6. The van der Waals surface area contributed by atoms with Gasteiger partial charge in [-0.2, -0.15) is 0 Å². The molecule has 0 spiro atoms. The van der Waals surface area contributed by atoms with Crippen molar-refractivity contribution in [3.05, 3.63) is 53.2 Å². The summed E-state index contributed by atoms with van der Waals surface area (Å²) in [4.78, 5) is 12.0. The Morgan fingerprint density at radius 3 is 2.47 bits per heavy atom. The van der Waals surface area contributed by atoms with Gasteiger partial charge in [-0.05, 0) is 29.0 Å². The molecule has 1 aromatic rings. The van der Waals surface area contributed by atoms with Gasteiger partial charge in [0.25, 0.3) is 0 Å². The average Bonchev–Trinajstić information content (AvgIpc) is 2.36. The molecule has 0 aromatic heterocycles. The first kappa shape index (κ1) is 13.4. The predicted molar refractivity (Wildman–Crippen MR) is 76.0 cm³/mol. The maximum Gasteiger partial charge on any atom is 0.338 e. The zero-order valence-corrected chi connectivity index (χ0v) is 11.6. The fourth-order valence-electron chi connectivity index (χ4n) is 2.69. The highest BCUT2D eigenvalue weighted by atomic mass is 16.5. The molecule has 2 N–H and O–H groups in total. The van der Waals surface area contributed by atoms with Crippen molar-refractivity contribution in [3.63, 3.8) is 0 Å². The topological polar surface area (TPSA) is 52.3 Å². The lowest BCUT2D eigenvalue weighted by atomic mass is 9.71. The van der Waals surface area contributed by atoms with E-state index in [9.17, 15) is 4.79 Å². The molecule has 1 aliphatic carbocycles. The summed E-state index contributed by atoms with van der Waals surface area (Å²) in [6.07, 6.45) is 2.47. The van der Waals surface area contributed by atoms with Crippen molar-refractivity contribution in [1.82, 2.24) is 0 Å². The number of rotatable bonds is 2. The largest absolute Gasteiger partial charge is 0.465 e. The second-order valence-electron chi connectivity index (χ2n) is 5.43.